The Labute approximate surface area is 136 Å². The summed E-state index contributed by atoms with van der Waals surface area (Å²) < 4.78 is 0. The van der Waals surface area contributed by atoms with E-state index in [0.717, 1.165) is 17.5 Å². The lowest BCUT2D eigenvalue weighted by Gasteiger charge is -2.45. The summed E-state index contributed by atoms with van der Waals surface area (Å²) in [6.07, 6.45) is 2.83. The average molecular weight is 313 g/mol. The molecular formula is C18H23N3O2. The van der Waals surface area contributed by atoms with Gasteiger partial charge in [-0.25, -0.2) is 4.79 Å². The Balaban J connectivity index is 2.06. The van der Waals surface area contributed by atoms with Gasteiger partial charge >= 0.3 is 6.03 Å². The minimum Gasteiger partial charge on any atom is -0.369 e. The molecule has 1 unspecified atom stereocenters. The molecule has 3 rings (SSSR count). The second-order valence-electron chi connectivity index (χ2n) is 7.21. The topological polar surface area (TPSA) is 61.4 Å². The molecule has 1 aromatic rings. The van der Waals surface area contributed by atoms with Gasteiger partial charge < -0.3 is 10.2 Å². The quantitative estimate of drug-likeness (QED) is 0.619. The summed E-state index contributed by atoms with van der Waals surface area (Å²) >= 11 is 0. The van der Waals surface area contributed by atoms with Crippen molar-refractivity contribution in [1.82, 2.24) is 10.6 Å². The Morgan fingerprint density at radius 2 is 1.96 bits per heavy atom. The van der Waals surface area contributed by atoms with Gasteiger partial charge in [0.25, 0.3) is 5.91 Å². The second-order valence-corrected chi connectivity index (χ2v) is 7.21. The fourth-order valence-corrected chi connectivity index (χ4v) is 3.53. The summed E-state index contributed by atoms with van der Waals surface area (Å²) in [6.45, 7) is 8.79. The molecule has 0 bridgehead atoms. The number of carbonyl (C=O) groups excluding carboxylic acids is 2. The maximum atomic E-state index is 11.7. The number of benzene rings is 1. The molecule has 0 spiro atoms. The van der Waals surface area contributed by atoms with Crippen molar-refractivity contribution in [3.8, 4) is 0 Å². The zero-order valence-corrected chi connectivity index (χ0v) is 14.3. The monoisotopic (exact) mass is 313 g/mol. The molecule has 1 atom stereocenters. The van der Waals surface area contributed by atoms with Gasteiger partial charge in [0, 0.05) is 18.3 Å². The smallest absolute Gasteiger partial charge is 0.326 e. The first-order chi connectivity index (χ1) is 10.7. The average Bonchev–Trinajstić information content (AvgIpc) is 2.76. The third-order valence-electron chi connectivity index (χ3n) is 5.04. The summed E-state index contributed by atoms with van der Waals surface area (Å²) in [4.78, 5) is 25.3. The molecule has 0 aliphatic carbocycles. The highest BCUT2D eigenvalue weighted by Gasteiger charge is 2.34. The van der Waals surface area contributed by atoms with Gasteiger partial charge in [0.1, 0.15) is 5.70 Å². The van der Waals surface area contributed by atoms with Crippen molar-refractivity contribution >= 4 is 23.7 Å². The number of hydrogen-bond donors (Lipinski definition) is 2. The van der Waals surface area contributed by atoms with Crippen molar-refractivity contribution in [3.05, 3.63) is 34.5 Å². The van der Waals surface area contributed by atoms with Crippen LogP contribution in [-0.4, -0.2) is 24.5 Å². The fraction of sp³-hybridized carbons (Fsp3) is 0.444. The van der Waals surface area contributed by atoms with Gasteiger partial charge in [-0.05, 0) is 68.0 Å². The molecule has 23 heavy (non-hydrogen) atoms. The Hall–Kier alpha value is -2.30. The molecule has 5 nitrogen and oxygen atoms in total. The lowest BCUT2D eigenvalue weighted by atomic mass is 9.79. The number of hydrogen-bond acceptors (Lipinski definition) is 3. The maximum absolute atomic E-state index is 11.7. The van der Waals surface area contributed by atoms with Gasteiger partial charge in [0.05, 0.1) is 0 Å². The molecule has 1 aromatic carbocycles. The van der Waals surface area contributed by atoms with E-state index in [2.05, 4.69) is 55.5 Å². The molecule has 1 fully saturated rings. The number of fused-ring (bicyclic) bond motifs is 1. The molecule has 2 aliphatic rings. The lowest BCUT2D eigenvalue weighted by Crippen LogP contribution is -2.45. The number of imide groups is 1. The van der Waals surface area contributed by atoms with E-state index in [4.69, 9.17) is 0 Å². The number of urea groups is 1. The number of rotatable bonds is 1. The normalized spacial score (nSPS) is 24.5. The maximum Gasteiger partial charge on any atom is 0.326 e. The van der Waals surface area contributed by atoms with E-state index in [1.165, 1.54) is 11.3 Å². The molecule has 2 aliphatic heterocycles. The van der Waals surface area contributed by atoms with Crippen molar-refractivity contribution in [1.29, 1.82) is 0 Å². The summed E-state index contributed by atoms with van der Waals surface area (Å²) in [7, 11) is 2.13. The minimum atomic E-state index is -0.466. The molecule has 0 radical (unpaired) electrons. The third kappa shape index (κ3) is 2.60. The highest BCUT2D eigenvalue weighted by atomic mass is 16.2. The van der Waals surface area contributed by atoms with Crippen LogP contribution in [0.25, 0.3) is 6.08 Å². The van der Waals surface area contributed by atoms with Crippen molar-refractivity contribution < 1.29 is 9.59 Å². The van der Waals surface area contributed by atoms with Crippen molar-refractivity contribution in [3.63, 3.8) is 0 Å². The Morgan fingerprint density at radius 1 is 1.26 bits per heavy atom. The standard InChI is InChI=1S/C18H23N3O2/c1-10-6-15-13(11(2)9-18(3,4)21(15)5)7-12(10)8-14-16(22)20-17(23)19-14/h6-8,11H,9H2,1-5H3,(H2,19,20,22,23)/b14-8+. The van der Waals surface area contributed by atoms with Gasteiger partial charge in [-0.2, -0.15) is 0 Å². The highest BCUT2D eigenvalue weighted by Crippen LogP contribution is 2.43. The van der Waals surface area contributed by atoms with E-state index in [1.54, 1.807) is 6.08 Å². The van der Waals surface area contributed by atoms with Gasteiger partial charge in [-0.15, -0.1) is 0 Å². The predicted molar refractivity (Wildman–Crippen MR) is 91.3 cm³/mol. The van der Waals surface area contributed by atoms with E-state index in [9.17, 15) is 9.59 Å². The van der Waals surface area contributed by atoms with Crippen molar-refractivity contribution in [2.75, 3.05) is 11.9 Å². The van der Waals surface area contributed by atoms with Gasteiger partial charge in [-0.1, -0.05) is 6.92 Å². The van der Waals surface area contributed by atoms with E-state index in [-0.39, 0.29) is 11.4 Å². The van der Waals surface area contributed by atoms with Gasteiger partial charge in [0.2, 0.25) is 0 Å². The summed E-state index contributed by atoms with van der Waals surface area (Å²) in [5.74, 6) is 0.0689. The van der Waals surface area contributed by atoms with Crippen LogP contribution in [0.1, 0.15) is 49.8 Å². The van der Waals surface area contributed by atoms with Gasteiger partial charge in [0.15, 0.2) is 0 Å². The van der Waals surface area contributed by atoms with E-state index in [0.29, 0.717) is 11.6 Å². The largest absolute Gasteiger partial charge is 0.369 e. The van der Waals surface area contributed by atoms with Gasteiger partial charge in [-0.3, -0.25) is 10.1 Å². The van der Waals surface area contributed by atoms with Crippen LogP contribution in [0.5, 0.6) is 0 Å². The summed E-state index contributed by atoms with van der Waals surface area (Å²) in [5, 5.41) is 4.77. The van der Waals surface area contributed by atoms with Crippen LogP contribution in [0.3, 0.4) is 0 Å². The SMILES string of the molecule is Cc1cc2c(cc1/C=C1/NC(=O)NC1=O)C(C)CC(C)(C)N2C. The van der Waals surface area contributed by atoms with Crippen LogP contribution < -0.4 is 15.5 Å². The number of nitrogens with zero attached hydrogens (tertiary/aromatic N) is 1. The first-order valence-corrected chi connectivity index (χ1v) is 7.91. The summed E-state index contributed by atoms with van der Waals surface area (Å²) in [6, 6.07) is 3.85. The molecule has 2 N–H and O–H groups in total. The van der Waals surface area contributed by atoms with Crippen LogP contribution in [0.4, 0.5) is 10.5 Å². The van der Waals surface area contributed by atoms with E-state index < -0.39 is 6.03 Å². The molecule has 0 saturated carbocycles. The first kappa shape index (κ1) is 15.6. The van der Waals surface area contributed by atoms with Crippen LogP contribution in [0.2, 0.25) is 0 Å². The molecule has 5 heteroatoms. The third-order valence-corrected chi connectivity index (χ3v) is 5.04. The molecule has 3 amide bonds. The lowest BCUT2D eigenvalue weighted by molar-refractivity contribution is -0.115. The predicted octanol–water partition coefficient (Wildman–Crippen LogP) is 2.90. The fourth-order valence-electron chi connectivity index (χ4n) is 3.53. The zero-order chi connectivity index (χ0) is 16.9. The second kappa shape index (κ2) is 5.11. The van der Waals surface area contributed by atoms with Crippen molar-refractivity contribution in [2.24, 2.45) is 0 Å². The first-order valence-electron chi connectivity index (χ1n) is 7.91. The number of anilines is 1. The Kier molecular flexibility index (Phi) is 3.47. The number of amides is 3. The molecule has 2 heterocycles. The van der Waals surface area contributed by atoms with Crippen LogP contribution in [0, 0.1) is 6.92 Å². The Morgan fingerprint density at radius 3 is 2.57 bits per heavy atom. The Bertz CT molecular complexity index is 734. The number of aryl methyl sites for hydroxylation is 1. The van der Waals surface area contributed by atoms with Crippen LogP contribution in [0.15, 0.2) is 17.8 Å². The molecule has 122 valence electrons. The molecular weight excluding hydrogens is 290 g/mol. The highest BCUT2D eigenvalue weighted by molar-refractivity contribution is 6.14. The number of carbonyl (C=O) groups is 2. The number of nitrogens with one attached hydrogen (secondary N) is 2. The molecule has 0 aromatic heterocycles. The zero-order valence-electron chi connectivity index (χ0n) is 14.3. The molecule has 1 saturated heterocycles. The van der Waals surface area contributed by atoms with E-state index in [1.807, 2.05) is 6.92 Å². The van der Waals surface area contributed by atoms with E-state index >= 15 is 0 Å². The van der Waals surface area contributed by atoms with Crippen molar-refractivity contribution in [2.45, 2.75) is 45.6 Å². The van der Waals surface area contributed by atoms with Crippen LogP contribution >= 0.6 is 0 Å². The minimum absolute atomic E-state index is 0.123. The summed E-state index contributed by atoms with van der Waals surface area (Å²) in [5.41, 5.74) is 5.01. The van der Waals surface area contributed by atoms with Crippen LogP contribution in [-0.2, 0) is 4.79 Å².